The molecule has 0 amide bonds. The summed E-state index contributed by atoms with van der Waals surface area (Å²) >= 11 is 0. The van der Waals surface area contributed by atoms with Crippen molar-refractivity contribution in [1.29, 1.82) is 0 Å². The molecule has 0 saturated carbocycles. The highest BCUT2D eigenvalue weighted by Gasteiger charge is 2.31. The number of nitrogens with two attached hydrogens (primary N) is 1. The zero-order valence-electron chi connectivity index (χ0n) is 8.90. The van der Waals surface area contributed by atoms with Gasteiger partial charge in [0, 0.05) is 5.41 Å². The number of carbonyl (C=O) groups excluding carboxylic acids is 1. The molecule has 0 aliphatic carbocycles. The molecular formula is C10H21NO. The second-order valence-electron chi connectivity index (χ2n) is 4.99. The van der Waals surface area contributed by atoms with Gasteiger partial charge in [0.2, 0.25) is 0 Å². The Hall–Kier alpha value is -0.370. The Labute approximate surface area is 75.5 Å². The molecule has 0 aromatic rings. The molecule has 0 aromatic heterocycles. The average molecular weight is 171 g/mol. The molecule has 2 N–H and O–H groups in total. The number of ketones is 1. The highest BCUT2D eigenvalue weighted by atomic mass is 16.1. The lowest BCUT2D eigenvalue weighted by Crippen LogP contribution is -2.33. The van der Waals surface area contributed by atoms with Crippen LogP contribution in [0.2, 0.25) is 0 Å². The van der Waals surface area contributed by atoms with Crippen molar-refractivity contribution >= 4 is 5.78 Å². The SMILES string of the molecule is CC(=O)C(C)(C)CC(C)(C)CN. The fourth-order valence-corrected chi connectivity index (χ4v) is 1.39. The van der Waals surface area contributed by atoms with Crippen LogP contribution >= 0.6 is 0 Å². The molecule has 0 saturated heterocycles. The van der Waals surface area contributed by atoms with Crippen LogP contribution in [0.1, 0.15) is 41.0 Å². The van der Waals surface area contributed by atoms with Crippen LogP contribution in [-0.2, 0) is 4.79 Å². The van der Waals surface area contributed by atoms with Gasteiger partial charge < -0.3 is 5.73 Å². The van der Waals surface area contributed by atoms with Crippen molar-refractivity contribution in [2.24, 2.45) is 16.6 Å². The molecular weight excluding hydrogens is 150 g/mol. The van der Waals surface area contributed by atoms with Gasteiger partial charge in [0.05, 0.1) is 0 Å². The van der Waals surface area contributed by atoms with Crippen LogP contribution in [0.15, 0.2) is 0 Å². The highest BCUT2D eigenvalue weighted by Crippen LogP contribution is 2.33. The third-order valence-corrected chi connectivity index (χ3v) is 2.43. The minimum atomic E-state index is -0.233. The van der Waals surface area contributed by atoms with E-state index in [0.717, 1.165) is 6.42 Å². The second kappa shape index (κ2) is 3.56. The lowest BCUT2D eigenvalue weighted by molar-refractivity contribution is -0.126. The molecule has 0 heterocycles. The quantitative estimate of drug-likeness (QED) is 0.702. The number of hydrogen-bond donors (Lipinski definition) is 1. The Morgan fingerprint density at radius 1 is 1.25 bits per heavy atom. The van der Waals surface area contributed by atoms with Gasteiger partial charge in [0.15, 0.2) is 0 Å². The summed E-state index contributed by atoms with van der Waals surface area (Å²) in [6.07, 6.45) is 0.853. The van der Waals surface area contributed by atoms with Crippen LogP contribution in [-0.4, -0.2) is 12.3 Å². The van der Waals surface area contributed by atoms with Crippen molar-refractivity contribution in [2.45, 2.75) is 41.0 Å². The number of Topliss-reactive ketones (excluding diaryl/α,β-unsaturated/α-hetero) is 1. The summed E-state index contributed by atoms with van der Waals surface area (Å²) in [5.74, 6) is 0.240. The molecule has 2 nitrogen and oxygen atoms in total. The fraction of sp³-hybridized carbons (Fsp3) is 0.900. The summed E-state index contributed by atoms with van der Waals surface area (Å²) in [4.78, 5) is 11.2. The topological polar surface area (TPSA) is 43.1 Å². The van der Waals surface area contributed by atoms with Crippen LogP contribution < -0.4 is 5.73 Å². The van der Waals surface area contributed by atoms with Gasteiger partial charge in [-0.2, -0.15) is 0 Å². The lowest BCUT2D eigenvalue weighted by atomic mass is 9.73. The molecule has 12 heavy (non-hydrogen) atoms. The van der Waals surface area contributed by atoms with Crippen LogP contribution in [0.5, 0.6) is 0 Å². The zero-order chi connectivity index (χ0) is 9.99. The smallest absolute Gasteiger partial charge is 0.135 e. The van der Waals surface area contributed by atoms with Gasteiger partial charge in [-0.15, -0.1) is 0 Å². The van der Waals surface area contributed by atoms with E-state index in [1.807, 2.05) is 13.8 Å². The summed E-state index contributed by atoms with van der Waals surface area (Å²) in [7, 11) is 0. The van der Waals surface area contributed by atoms with Crippen molar-refractivity contribution in [1.82, 2.24) is 0 Å². The van der Waals surface area contributed by atoms with Crippen molar-refractivity contribution < 1.29 is 4.79 Å². The number of rotatable bonds is 4. The molecule has 72 valence electrons. The highest BCUT2D eigenvalue weighted by molar-refractivity contribution is 5.81. The molecule has 0 fully saturated rings. The maximum atomic E-state index is 11.2. The van der Waals surface area contributed by atoms with Crippen molar-refractivity contribution in [2.75, 3.05) is 6.54 Å². The maximum Gasteiger partial charge on any atom is 0.135 e. The monoisotopic (exact) mass is 171 g/mol. The predicted molar refractivity (Wildman–Crippen MR) is 51.9 cm³/mol. The molecule has 0 radical (unpaired) electrons. The molecule has 0 atom stereocenters. The van der Waals surface area contributed by atoms with Gasteiger partial charge in [-0.25, -0.2) is 0 Å². The normalized spacial score (nSPS) is 13.2. The van der Waals surface area contributed by atoms with E-state index in [-0.39, 0.29) is 16.6 Å². The molecule has 2 heteroatoms. The Morgan fingerprint density at radius 2 is 1.67 bits per heavy atom. The molecule has 0 unspecified atom stereocenters. The van der Waals surface area contributed by atoms with E-state index in [2.05, 4.69) is 13.8 Å². The molecule has 0 aliphatic rings. The van der Waals surface area contributed by atoms with Crippen molar-refractivity contribution in [3.63, 3.8) is 0 Å². The molecule has 0 aromatic carbocycles. The van der Waals surface area contributed by atoms with Crippen molar-refractivity contribution in [3.05, 3.63) is 0 Å². The van der Waals surface area contributed by atoms with E-state index in [4.69, 9.17) is 5.73 Å². The Balaban J connectivity index is 4.34. The summed E-state index contributed by atoms with van der Waals surface area (Å²) < 4.78 is 0. The number of carbonyl (C=O) groups is 1. The first kappa shape index (κ1) is 11.6. The Kier molecular flexibility index (Phi) is 3.45. The predicted octanol–water partition coefficient (Wildman–Crippen LogP) is 1.98. The van der Waals surface area contributed by atoms with Gasteiger partial charge in [-0.3, -0.25) is 4.79 Å². The van der Waals surface area contributed by atoms with E-state index < -0.39 is 0 Å². The third-order valence-electron chi connectivity index (χ3n) is 2.43. The van der Waals surface area contributed by atoms with Crippen LogP contribution in [0.3, 0.4) is 0 Å². The van der Waals surface area contributed by atoms with Gasteiger partial charge in [-0.1, -0.05) is 27.7 Å². The Morgan fingerprint density at radius 3 is 1.92 bits per heavy atom. The van der Waals surface area contributed by atoms with E-state index >= 15 is 0 Å². The largest absolute Gasteiger partial charge is 0.330 e. The molecule has 0 rings (SSSR count). The Bertz CT molecular complexity index is 171. The summed E-state index contributed by atoms with van der Waals surface area (Å²) in [5, 5.41) is 0. The van der Waals surface area contributed by atoms with Crippen LogP contribution in [0, 0.1) is 10.8 Å². The van der Waals surface area contributed by atoms with Gasteiger partial charge in [-0.05, 0) is 25.3 Å². The van der Waals surface area contributed by atoms with Crippen LogP contribution in [0.4, 0.5) is 0 Å². The van der Waals surface area contributed by atoms with Crippen LogP contribution in [0.25, 0.3) is 0 Å². The molecule has 0 aliphatic heterocycles. The first-order chi connectivity index (χ1) is 5.21. The maximum absolute atomic E-state index is 11.2. The average Bonchev–Trinajstić information content (AvgIpc) is 1.85. The second-order valence-corrected chi connectivity index (χ2v) is 4.99. The first-order valence-electron chi connectivity index (χ1n) is 4.42. The minimum Gasteiger partial charge on any atom is -0.330 e. The van der Waals surface area contributed by atoms with E-state index in [1.165, 1.54) is 0 Å². The van der Waals surface area contributed by atoms with Gasteiger partial charge in [0.25, 0.3) is 0 Å². The zero-order valence-corrected chi connectivity index (χ0v) is 8.90. The van der Waals surface area contributed by atoms with Crippen molar-refractivity contribution in [3.8, 4) is 0 Å². The minimum absolute atomic E-state index is 0.0647. The third kappa shape index (κ3) is 3.35. The van der Waals surface area contributed by atoms with E-state index in [0.29, 0.717) is 6.54 Å². The lowest BCUT2D eigenvalue weighted by Gasteiger charge is -2.32. The summed E-state index contributed by atoms with van der Waals surface area (Å²) in [5.41, 5.74) is 5.43. The number of hydrogen-bond acceptors (Lipinski definition) is 2. The summed E-state index contributed by atoms with van der Waals surface area (Å²) in [6, 6.07) is 0. The van der Waals surface area contributed by atoms with E-state index in [1.54, 1.807) is 6.92 Å². The fourth-order valence-electron chi connectivity index (χ4n) is 1.39. The summed E-state index contributed by atoms with van der Waals surface area (Å²) in [6.45, 7) is 10.4. The molecule has 0 spiro atoms. The standard InChI is InChI=1S/C10H21NO/c1-8(12)10(4,5)6-9(2,3)7-11/h6-7,11H2,1-5H3. The van der Waals surface area contributed by atoms with Gasteiger partial charge in [0.1, 0.15) is 5.78 Å². The van der Waals surface area contributed by atoms with E-state index in [9.17, 15) is 4.79 Å². The van der Waals surface area contributed by atoms with Gasteiger partial charge >= 0.3 is 0 Å². The molecule has 0 bridgehead atoms. The first-order valence-corrected chi connectivity index (χ1v) is 4.42.